The van der Waals surface area contributed by atoms with E-state index in [1.54, 1.807) is 12.3 Å². The molecule has 1 N–H and O–H groups in total. The molecule has 0 spiro atoms. The van der Waals surface area contributed by atoms with Crippen LogP contribution in [0, 0.1) is 6.92 Å². The summed E-state index contributed by atoms with van der Waals surface area (Å²) in [5, 5.41) is 3.44. The minimum Gasteiger partial charge on any atom is -0.469 e. The van der Waals surface area contributed by atoms with Crippen molar-refractivity contribution in [2.45, 2.75) is 45.7 Å². The van der Waals surface area contributed by atoms with Gasteiger partial charge in [-0.2, -0.15) is 0 Å². The highest BCUT2D eigenvalue weighted by molar-refractivity contribution is 5.95. The zero-order chi connectivity index (χ0) is 13.1. The van der Waals surface area contributed by atoms with Crippen LogP contribution in [0.5, 0.6) is 0 Å². The first kappa shape index (κ1) is 13.1. The van der Waals surface area contributed by atoms with Gasteiger partial charge in [0.15, 0.2) is 0 Å². The first-order chi connectivity index (χ1) is 8.59. The Bertz CT molecular complexity index is 406. The highest BCUT2D eigenvalue weighted by atomic mass is 16.3. The summed E-state index contributed by atoms with van der Waals surface area (Å²) in [4.78, 5) is 14.4. The van der Waals surface area contributed by atoms with E-state index in [2.05, 4.69) is 19.2 Å². The van der Waals surface area contributed by atoms with E-state index in [0.29, 0.717) is 17.4 Å². The lowest BCUT2D eigenvalue weighted by atomic mass is 10.1. The van der Waals surface area contributed by atoms with E-state index in [0.717, 1.165) is 19.5 Å². The highest BCUT2D eigenvalue weighted by Gasteiger charge is 2.25. The molecule has 2 rings (SSSR count). The van der Waals surface area contributed by atoms with Crippen LogP contribution in [0.4, 0.5) is 0 Å². The van der Waals surface area contributed by atoms with Gasteiger partial charge < -0.3 is 14.6 Å². The second kappa shape index (κ2) is 5.57. The van der Waals surface area contributed by atoms with Crippen molar-refractivity contribution in [3.05, 3.63) is 23.7 Å². The Morgan fingerprint density at radius 3 is 2.89 bits per heavy atom. The van der Waals surface area contributed by atoms with Crippen LogP contribution in [0.15, 0.2) is 16.7 Å². The van der Waals surface area contributed by atoms with Crippen LogP contribution < -0.4 is 5.32 Å². The van der Waals surface area contributed by atoms with E-state index >= 15 is 0 Å². The Kier molecular flexibility index (Phi) is 4.07. The molecular formula is C14H22N2O2. The SMILES string of the molecule is Cc1occc1C(=O)N(CC1CCCN1)C(C)C. The van der Waals surface area contributed by atoms with Gasteiger partial charge in [0.2, 0.25) is 0 Å². The molecule has 4 heteroatoms. The molecule has 0 saturated carbocycles. The smallest absolute Gasteiger partial charge is 0.257 e. The fourth-order valence-electron chi connectivity index (χ4n) is 2.44. The quantitative estimate of drug-likeness (QED) is 0.891. The van der Waals surface area contributed by atoms with Gasteiger partial charge in [0.05, 0.1) is 11.8 Å². The zero-order valence-electron chi connectivity index (χ0n) is 11.4. The minimum absolute atomic E-state index is 0.0740. The number of carbonyl (C=O) groups excluding carboxylic acids is 1. The van der Waals surface area contributed by atoms with Crippen LogP contribution in [0.1, 0.15) is 42.8 Å². The van der Waals surface area contributed by atoms with E-state index in [9.17, 15) is 4.79 Å². The normalized spacial score (nSPS) is 19.4. The van der Waals surface area contributed by atoms with Crippen LogP contribution in [-0.4, -0.2) is 36.0 Å². The molecule has 100 valence electrons. The van der Waals surface area contributed by atoms with Crippen molar-refractivity contribution in [1.29, 1.82) is 0 Å². The lowest BCUT2D eigenvalue weighted by molar-refractivity contribution is 0.0687. The maximum Gasteiger partial charge on any atom is 0.257 e. The number of furan rings is 1. The molecule has 0 aromatic carbocycles. The Morgan fingerprint density at radius 1 is 1.61 bits per heavy atom. The Balaban J connectivity index is 2.09. The molecule has 1 aliphatic rings. The number of aryl methyl sites for hydroxylation is 1. The van der Waals surface area contributed by atoms with Gasteiger partial charge in [-0.3, -0.25) is 4.79 Å². The van der Waals surface area contributed by atoms with Gasteiger partial charge >= 0.3 is 0 Å². The van der Waals surface area contributed by atoms with E-state index in [1.807, 2.05) is 11.8 Å². The molecule has 1 saturated heterocycles. The second-order valence-corrected chi connectivity index (χ2v) is 5.24. The van der Waals surface area contributed by atoms with Crippen molar-refractivity contribution in [2.24, 2.45) is 0 Å². The average Bonchev–Trinajstić information content (AvgIpc) is 2.95. The molecule has 1 aromatic rings. The van der Waals surface area contributed by atoms with Crippen molar-refractivity contribution < 1.29 is 9.21 Å². The third-order valence-corrected chi connectivity index (χ3v) is 3.55. The van der Waals surface area contributed by atoms with Crippen molar-refractivity contribution in [3.63, 3.8) is 0 Å². The number of rotatable bonds is 4. The lowest BCUT2D eigenvalue weighted by Gasteiger charge is -2.29. The first-order valence-electron chi connectivity index (χ1n) is 6.68. The topological polar surface area (TPSA) is 45.5 Å². The molecule has 1 atom stereocenters. The number of hydrogen-bond acceptors (Lipinski definition) is 3. The zero-order valence-corrected chi connectivity index (χ0v) is 11.4. The molecule has 0 radical (unpaired) electrons. The van der Waals surface area contributed by atoms with E-state index in [-0.39, 0.29) is 11.9 Å². The second-order valence-electron chi connectivity index (χ2n) is 5.24. The summed E-state index contributed by atoms with van der Waals surface area (Å²) in [6.45, 7) is 7.79. The summed E-state index contributed by atoms with van der Waals surface area (Å²) in [7, 11) is 0. The monoisotopic (exact) mass is 250 g/mol. The molecule has 1 amide bonds. The molecular weight excluding hydrogens is 228 g/mol. The largest absolute Gasteiger partial charge is 0.469 e. The molecule has 0 bridgehead atoms. The van der Waals surface area contributed by atoms with Gasteiger partial charge in [-0.1, -0.05) is 0 Å². The maximum absolute atomic E-state index is 12.5. The molecule has 1 unspecified atom stereocenters. The van der Waals surface area contributed by atoms with Crippen LogP contribution >= 0.6 is 0 Å². The summed E-state index contributed by atoms with van der Waals surface area (Å²) in [6.07, 6.45) is 3.94. The molecule has 2 heterocycles. The Hall–Kier alpha value is -1.29. The molecule has 0 aliphatic carbocycles. The molecule has 1 aromatic heterocycles. The van der Waals surface area contributed by atoms with Crippen molar-refractivity contribution >= 4 is 5.91 Å². The van der Waals surface area contributed by atoms with Crippen LogP contribution in [-0.2, 0) is 0 Å². The van der Waals surface area contributed by atoms with Crippen LogP contribution in [0.3, 0.4) is 0 Å². The van der Waals surface area contributed by atoms with Crippen LogP contribution in [0.2, 0.25) is 0 Å². The third-order valence-electron chi connectivity index (χ3n) is 3.55. The van der Waals surface area contributed by atoms with Gasteiger partial charge in [-0.25, -0.2) is 0 Å². The Labute approximate surface area is 108 Å². The fraction of sp³-hybridized carbons (Fsp3) is 0.643. The predicted molar refractivity (Wildman–Crippen MR) is 70.6 cm³/mol. The lowest BCUT2D eigenvalue weighted by Crippen LogP contribution is -2.44. The third kappa shape index (κ3) is 2.75. The summed E-state index contributed by atoms with van der Waals surface area (Å²) in [5.74, 6) is 0.773. The van der Waals surface area contributed by atoms with E-state index in [4.69, 9.17) is 4.42 Å². The summed E-state index contributed by atoms with van der Waals surface area (Å²) in [6, 6.07) is 2.40. The van der Waals surface area contributed by atoms with Gasteiger partial charge in [0.1, 0.15) is 5.76 Å². The summed E-state index contributed by atoms with van der Waals surface area (Å²) >= 11 is 0. The number of nitrogens with one attached hydrogen (secondary N) is 1. The predicted octanol–water partition coefficient (Wildman–Crippen LogP) is 2.19. The number of amides is 1. The van der Waals surface area contributed by atoms with Gasteiger partial charge in [0, 0.05) is 18.6 Å². The average molecular weight is 250 g/mol. The van der Waals surface area contributed by atoms with Crippen LogP contribution in [0.25, 0.3) is 0 Å². The van der Waals surface area contributed by atoms with Crippen molar-refractivity contribution in [3.8, 4) is 0 Å². The standard InChI is InChI=1S/C14H22N2O2/c1-10(2)16(9-12-5-4-7-15-12)14(17)13-6-8-18-11(13)3/h6,8,10,12,15H,4-5,7,9H2,1-3H3. The maximum atomic E-state index is 12.5. The molecule has 1 aliphatic heterocycles. The first-order valence-corrected chi connectivity index (χ1v) is 6.68. The van der Waals surface area contributed by atoms with E-state index in [1.165, 1.54) is 6.42 Å². The van der Waals surface area contributed by atoms with E-state index < -0.39 is 0 Å². The summed E-state index contributed by atoms with van der Waals surface area (Å²) < 4.78 is 5.22. The molecule has 1 fully saturated rings. The summed E-state index contributed by atoms with van der Waals surface area (Å²) in [5.41, 5.74) is 0.682. The van der Waals surface area contributed by atoms with Gasteiger partial charge in [-0.05, 0) is 46.2 Å². The molecule has 18 heavy (non-hydrogen) atoms. The van der Waals surface area contributed by atoms with Crippen molar-refractivity contribution in [2.75, 3.05) is 13.1 Å². The highest BCUT2D eigenvalue weighted by Crippen LogP contribution is 2.16. The minimum atomic E-state index is 0.0740. The van der Waals surface area contributed by atoms with Gasteiger partial charge in [-0.15, -0.1) is 0 Å². The number of nitrogens with zero attached hydrogens (tertiary/aromatic N) is 1. The molecule has 4 nitrogen and oxygen atoms in total. The Morgan fingerprint density at radius 2 is 2.39 bits per heavy atom. The number of hydrogen-bond donors (Lipinski definition) is 1. The van der Waals surface area contributed by atoms with Gasteiger partial charge in [0.25, 0.3) is 5.91 Å². The fourth-order valence-corrected chi connectivity index (χ4v) is 2.44. The van der Waals surface area contributed by atoms with Crippen molar-refractivity contribution in [1.82, 2.24) is 10.2 Å². The number of carbonyl (C=O) groups is 1.